The Morgan fingerprint density at radius 3 is 1.53 bits per heavy atom. The zero-order chi connectivity index (χ0) is 38.2. The van der Waals surface area contributed by atoms with Crippen LogP contribution in [0.5, 0.6) is 11.5 Å². The van der Waals surface area contributed by atoms with Crippen LogP contribution >= 0.6 is 0 Å². The third kappa shape index (κ3) is 8.97. The predicted octanol–water partition coefficient (Wildman–Crippen LogP) is 9.47. The SMILES string of the molecule is CN(C)[C@@H]1CCCC[C@H]1N(C)Cc1cc(C(C)(C)C)cc(C23CC4CC(CC(C4)C2)C3)c1O.Cc1cccc(CN(C)[C@@H]2CCCC[C@H]2N(C)C)c1O. The maximum absolute atomic E-state index is 11.8. The monoisotopic (exact) mass is 729 g/mol. The Balaban J connectivity index is 0.000000206. The number of phenolic OH excluding ortho intramolecular Hbond substituents is 2. The fraction of sp³-hybridized carbons (Fsp3) is 0.745. The van der Waals surface area contributed by atoms with Crippen LogP contribution < -0.4 is 0 Å². The first-order valence-electron chi connectivity index (χ1n) is 21.4. The highest BCUT2D eigenvalue weighted by Gasteiger charge is 2.53. The fourth-order valence-electron chi connectivity index (χ4n) is 12.1. The van der Waals surface area contributed by atoms with E-state index < -0.39 is 0 Å². The van der Waals surface area contributed by atoms with Gasteiger partial charge in [-0.2, -0.15) is 0 Å². The molecule has 2 aromatic carbocycles. The second kappa shape index (κ2) is 16.5. The van der Waals surface area contributed by atoms with Crippen molar-refractivity contribution in [3.05, 3.63) is 58.1 Å². The van der Waals surface area contributed by atoms with Crippen molar-refractivity contribution in [3.63, 3.8) is 0 Å². The van der Waals surface area contributed by atoms with E-state index in [1.807, 2.05) is 25.1 Å². The van der Waals surface area contributed by atoms with E-state index >= 15 is 0 Å². The Kier molecular flexibility index (Phi) is 12.7. The van der Waals surface area contributed by atoms with E-state index in [0.29, 0.717) is 35.7 Å². The first kappa shape index (κ1) is 40.5. The van der Waals surface area contributed by atoms with E-state index in [1.54, 1.807) is 0 Å². The minimum atomic E-state index is 0.0923. The number of likely N-dealkylation sites (N-methyl/N-ethyl adjacent to an activating group) is 4. The second-order valence-electron chi connectivity index (χ2n) is 20.2. The highest BCUT2D eigenvalue weighted by atomic mass is 16.3. The van der Waals surface area contributed by atoms with Crippen molar-refractivity contribution in [1.82, 2.24) is 19.6 Å². The number of hydrogen-bond donors (Lipinski definition) is 2. The van der Waals surface area contributed by atoms with Gasteiger partial charge in [-0.25, -0.2) is 0 Å². The molecule has 2 N–H and O–H groups in total. The molecule has 8 rings (SSSR count). The molecule has 0 amide bonds. The summed E-state index contributed by atoms with van der Waals surface area (Å²) in [4.78, 5) is 9.75. The second-order valence-corrected chi connectivity index (χ2v) is 20.2. The topological polar surface area (TPSA) is 53.4 Å². The molecule has 6 aliphatic rings. The molecule has 4 atom stereocenters. The first-order chi connectivity index (χ1) is 25.1. The van der Waals surface area contributed by atoms with E-state index in [-0.39, 0.29) is 10.8 Å². The van der Waals surface area contributed by atoms with Crippen LogP contribution in [0.3, 0.4) is 0 Å². The number of aryl methyl sites for hydroxylation is 1. The number of aromatic hydroxyl groups is 2. The quantitative estimate of drug-likeness (QED) is 0.269. The van der Waals surface area contributed by atoms with Crippen LogP contribution in [-0.4, -0.2) is 96.3 Å². The molecule has 0 saturated heterocycles. The van der Waals surface area contributed by atoms with Gasteiger partial charge in [0.2, 0.25) is 0 Å². The standard InChI is InChI=1S/C30H48N2O.C17H28N2O/c1-29(2,3)24-14-23(19-32(6)27-10-8-7-9-26(27)31(4)5)28(33)25(15-24)30-16-20-11-21(17-30)13-22(12-20)18-30;1-13-8-7-9-14(17(13)20)12-19(4)16-11-6-5-10-15(16)18(2)3/h14-15,20-22,26-27,33H,7-13,16-19H2,1-6H3;7-9,15-16,20H,5-6,10-12H2,1-4H3/t20?,21?,22?,26-,27-,30?;15-,16-/m11/s1. The summed E-state index contributed by atoms with van der Waals surface area (Å²) < 4.78 is 0. The molecule has 0 radical (unpaired) electrons. The molecular weight excluding hydrogens is 653 g/mol. The molecule has 53 heavy (non-hydrogen) atoms. The number of para-hydroxylation sites is 1. The first-order valence-corrected chi connectivity index (χ1v) is 21.4. The lowest BCUT2D eigenvalue weighted by Crippen LogP contribution is -2.49. The maximum atomic E-state index is 11.8. The van der Waals surface area contributed by atoms with Crippen molar-refractivity contribution < 1.29 is 10.2 Å². The molecule has 0 spiro atoms. The van der Waals surface area contributed by atoms with Crippen LogP contribution in [0.25, 0.3) is 0 Å². The highest BCUT2D eigenvalue weighted by Crippen LogP contribution is 2.62. The van der Waals surface area contributed by atoms with Crippen molar-refractivity contribution in [3.8, 4) is 11.5 Å². The normalized spacial score (nSPS) is 31.4. The Morgan fingerprint density at radius 2 is 1.08 bits per heavy atom. The third-order valence-corrected chi connectivity index (χ3v) is 14.7. The molecule has 4 bridgehead atoms. The summed E-state index contributed by atoms with van der Waals surface area (Å²) >= 11 is 0. The Bertz CT molecular complexity index is 1490. The van der Waals surface area contributed by atoms with Gasteiger partial charge in [0.15, 0.2) is 0 Å². The molecule has 6 nitrogen and oxygen atoms in total. The Hall–Kier alpha value is -2.12. The fourth-order valence-corrected chi connectivity index (χ4v) is 12.1. The number of phenols is 2. The van der Waals surface area contributed by atoms with Gasteiger partial charge >= 0.3 is 0 Å². The molecule has 0 aliphatic heterocycles. The summed E-state index contributed by atoms with van der Waals surface area (Å²) in [6, 6.07) is 13.2. The van der Waals surface area contributed by atoms with Crippen molar-refractivity contribution in [2.45, 2.75) is 166 Å². The van der Waals surface area contributed by atoms with Gasteiger partial charge in [-0.05, 0) is 153 Å². The minimum absolute atomic E-state index is 0.0923. The van der Waals surface area contributed by atoms with Crippen LogP contribution in [0.15, 0.2) is 30.3 Å². The molecule has 6 saturated carbocycles. The lowest BCUT2D eigenvalue weighted by Gasteiger charge is -2.57. The molecule has 0 unspecified atom stereocenters. The largest absolute Gasteiger partial charge is 0.507 e. The lowest BCUT2D eigenvalue weighted by atomic mass is 9.47. The number of rotatable bonds is 9. The van der Waals surface area contributed by atoms with Gasteiger partial charge in [0.05, 0.1) is 0 Å². The maximum Gasteiger partial charge on any atom is 0.123 e. The lowest BCUT2D eigenvalue weighted by molar-refractivity contribution is -0.00631. The minimum Gasteiger partial charge on any atom is -0.507 e. The summed E-state index contributed by atoms with van der Waals surface area (Å²) in [5, 5.41) is 22.0. The van der Waals surface area contributed by atoms with Gasteiger partial charge in [0.25, 0.3) is 0 Å². The summed E-state index contributed by atoms with van der Waals surface area (Å²) in [6.07, 6.45) is 18.7. The van der Waals surface area contributed by atoms with Crippen molar-refractivity contribution >= 4 is 0 Å². The molecule has 0 aromatic heterocycles. The van der Waals surface area contributed by atoms with Gasteiger partial charge in [0, 0.05) is 53.9 Å². The molecule has 6 heteroatoms. The number of nitrogens with zero attached hydrogens (tertiary/aromatic N) is 4. The van der Waals surface area contributed by atoms with Crippen LogP contribution in [0.4, 0.5) is 0 Å². The van der Waals surface area contributed by atoms with Crippen molar-refractivity contribution in [1.29, 1.82) is 0 Å². The molecule has 6 fully saturated rings. The van der Waals surface area contributed by atoms with Gasteiger partial charge in [-0.15, -0.1) is 0 Å². The smallest absolute Gasteiger partial charge is 0.123 e. The third-order valence-electron chi connectivity index (χ3n) is 14.7. The predicted molar refractivity (Wildman–Crippen MR) is 222 cm³/mol. The summed E-state index contributed by atoms with van der Waals surface area (Å²) in [5.41, 5.74) is 6.20. The van der Waals surface area contributed by atoms with Crippen LogP contribution in [0.2, 0.25) is 0 Å². The number of hydrogen-bond acceptors (Lipinski definition) is 6. The average molecular weight is 729 g/mol. The van der Waals surface area contributed by atoms with Crippen LogP contribution in [0.1, 0.15) is 138 Å². The average Bonchev–Trinajstić information content (AvgIpc) is 3.10. The van der Waals surface area contributed by atoms with Crippen LogP contribution in [-0.2, 0) is 23.9 Å². The highest BCUT2D eigenvalue weighted by molar-refractivity contribution is 5.50. The van der Waals surface area contributed by atoms with E-state index in [4.69, 9.17) is 0 Å². The zero-order valence-electron chi connectivity index (χ0n) is 35.4. The summed E-state index contributed by atoms with van der Waals surface area (Å²) in [7, 11) is 13.3. The molecule has 0 heterocycles. The summed E-state index contributed by atoms with van der Waals surface area (Å²) in [6.45, 7) is 10.6. The van der Waals surface area contributed by atoms with Crippen LogP contribution in [0, 0.1) is 24.7 Å². The molecule has 2 aromatic rings. The van der Waals surface area contributed by atoms with Crippen molar-refractivity contribution in [2.75, 3.05) is 42.3 Å². The summed E-state index contributed by atoms with van der Waals surface area (Å²) in [5.74, 6) is 3.76. The van der Waals surface area contributed by atoms with Crippen molar-refractivity contribution in [2.24, 2.45) is 17.8 Å². The Labute approximate surface area is 324 Å². The zero-order valence-corrected chi connectivity index (χ0v) is 35.4. The van der Waals surface area contributed by atoms with E-state index in [1.165, 1.54) is 107 Å². The van der Waals surface area contributed by atoms with Gasteiger partial charge in [-0.3, -0.25) is 9.80 Å². The number of benzene rings is 2. The molecule has 296 valence electrons. The molecule has 6 aliphatic carbocycles. The van der Waals surface area contributed by atoms with Gasteiger partial charge < -0.3 is 20.0 Å². The van der Waals surface area contributed by atoms with E-state index in [2.05, 4.69) is 94.8 Å². The van der Waals surface area contributed by atoms with E-state index in [9.17, 15) is 10.2 Å². The van der Waals surface area contributed by atoms with Gasteiger partial charge in [0.1, 0.15) is 11.5 Å². The van der Waals surface area contributed by atoms with E-state index in [0.717, 1.165) is 42.0 Å². The van der Waals surface area contributed by atoms with Gasteiger partial charge in [-0.1, -0.05) is 76.8 Å². The molecular formula is C47H76N4O2. The Morgan fingerprint density at radius 1 is 0.623 bits per heavy atom.